The van der Waals surface area contributed by atoms with E-state index in [-0.39, 0.29) is 16.7 Å². The van der Waals surface area contributed by atoms with Crippen LogP contribution < -0.4 is 5.32 Å². The number of pyridine rings is 1. The summed E-state index contributed by atoms with van der Waals surface area (Å²) in [5.74, 6) is 0.158. The Morgan fingerprint density at radius 3 is 2.75 bits per heavy atom. The lowest BCUT2D eigenvalue weighted by Gasteiger charge is -2.11. The van der Waals surface area contributed by atoms with Crippen LogP contribution >= 0.6 is 11.6 Å². The molecule has 0 spiro atoms. The van der Waals surface area contributed by atoms with Gasteiger partial charge in [0.25, 0.3) is 0 Å². The van der Waals surface area contributed by atoms with E-state index < -0.39 is 4.92 Å². The quantitative estimate of drug-likeness (QED) is 0.505. The first kappa shape index (κ1) is 14.3. The minimum absolute atomic E-state index is 0.0966. The molecule has 0 aliphatic rings. The van der Waals surface area contributed by atoms with Crippen LogP contribution in [0.4, 0.5) is 17.2 Å². The summed E-state index contributed by atoms with van der Waals surface area (Å²) in [5.41, 5.74) is 1.80. The minimum atomic E-state index is -0.478. The first-order chi connectivity index (χ1) is 9.61. The number of aryl methyl sites for hydroxylation is 1. The molecule has 0 radical (unpaired) electrons. The predicted molar refractivity (Wildman–Crippen MR) is 79.6 cm³/mol. The molecular formula is C14H14ClN3O2. The molecule has 0 aliphatic carbocycles. The van der Waals surface area contributed by atoms with Crippen LogP contribution in [0.1, 0.15) is 18.9 Å². The Labute approximate surface area is 121 Å². The van der Waals surface area contributed by atoms with E-state index in [0.717, 1.165) is 24.1 Å². The molecule has 20 heavy (non-hydrogen) atoms. The molecule has 0 saturated heterocycles. The largest absolute Gasteiger partial charge is 0.334 e. The van der Waals surface area contributed by atoms with Crippen molar-refractivity contribution < 1.29 is 4.92 Å². The molecule has 0 fully saturated rings. The highest BCUT2D eigenvalue weighted by Crippen LogP contribution is 2.29. The van der Waals surface area contributed by atoms with E-state index in [1.54, 1.807) is 0 Å². The molecule has 1 N–H and O–H groups in total. The van der Waals surface area contributed by atoms with Crippen LogP contribution in [0.15, 0.2) is 36.4 Å². The molecule has 0 amide bonds. The van der Waals surface area contributed by atoms with E-state index in [1.165, 1.54) is 12.1 Å². The van der Waals surface area contributed by atoms with Crippen molar-refractivity contribution in [2.75, 3.05) is 5.32 Å². The molecular weight excluding hydrogens is 278 g/mol. The van der Waals surface area contributed by atoms with Gasteiger partial charge in [0.05, 0.1) is 4.92 Å². The maximum absolute atomic E-state index is 11.0. The number of nitro groups is 1. The van der Waals surface area contributed by atoms with Crippen molar-refractivity contribution in [3.8, 4) is 0 Å². The topological polar surface area (TPSA) is 68.1 Å². The average Bonchev–Trinajstić information content (AvgIpc) is 2.41. The molecule has 1 heterocycles. The Morgan fingerprint density at radius 1 is 1.30 bits per heavy atom. The predicted octanol–water partition coefficient (Wildman–Crippen LogP) is 4.34. The summed E-state index contributed by atoms with van der Waals surface area (Å²) in [6, 6.07) is 10.4. The van der Waals surface area contributed by atoms with Crippen molar-refractivity contribution in [2.24, 2.45) is 0 Å². The highest BCUT2D eigenvalue weighted by molar-refractivity contribution is 6.29. The summed E-state index contributed by atoms with van der Waals surface area (Å²) in [6.07, 6.45) is 1.88. The van der Waals surface area contributed by atoms with Gasteiger partial charge in [0.2, 0.25) is 5.82 Å². The van der Waals surface area contributed by atoms with E-state index >= 15 is 0 Å². The molecule has 2 aromatic rings. The Kier molecular flexibility index (Phi) is 4.53. The van der Waals surface area contributed by atoms with E-state index in [2.05, 4.69) is 17.2 Å². The second-order valence-corrected chi connectivity index (χ2v) is 4.68. The second kappa shape index (κ2) is 6.34. The lowest BCUT2D eigenvalue weighted by molar-refractivity contribution is -0.384. The molecule has 1 aromatic carbocycles. The number of nitrogens with one attached hydrogen (secondary N) is 1. The molecule has 0 bridgehead atoms. The van der Waals surface area contributed by atoms with Crippen molar-refractivity contribution >= 4 is 28.8 Å². The van der Waals surface area contributed by atoms with Gasteiger partial charge >= 0.3 is 5.69 Å². The van der Waals surface area contributed by atoms with Crippen LogP contribution in [-0.2, 0) is 6.42 Å². The summed E-state index contributed by atoms with van der Waals surface area (Å²) in [6.45, 7) is 2.08. The number of para-hydroxylation sites is 1. The average molecular weight is 292 g/mol. The molecule has 5 nitrogen and oxygen atoms in total. The Hall–Kier alpha value is -2.14. The third kappa shape index (κ3) is 3.24. The lowest BCUT2D eigenvalue weighted by atomic mass is 10.1. The highest BCUT2D eigenvalue weighted by atomic mass is 35.5. The van der Waals surface area contributed by atoms with E-state index in [0.29, 0.717) is 0 Å². The first-order valence-electron chi connectivity index (χ1n) is 6.27. The number of hydrogen-bond donors (Lipinski definition) is 1. The minimum Gasteiger partial charge on any atom is -0.334 e. The van der Waals surface area contributed by atoms with Gasteiger partial charge in [-0.15, -0.1) is 0 Å². The van der Waals surface area contributed by atoms with Crippen LogP contribution in [0.5, 0.6) is 0 Å². The number of hydrogen-bond acceptors (Lipinski definition) is 4. The number of halogens is 1. The number of anilines is 2. The maximum atomic E-state index is 11.0. The van der Waals surface area contributed by atoms with Crippen molar-refractivity contribution in [1.29, 1.82) is 0 Å². The first-order valence-corrected chi connectivity index (χ1v) is 6.65. The van der Waals surface area contributed by atoms with Crippen molar-refractivity contribution in [1.82, 2.24) is 4.98 Å². The van der Waals surface area contributed by atoms with Gasteiger partial charge in [-0.05, 0) is 24.1 Å². The van der Waals surface area contributed by atoms with Gasteiger partial charge in [0.15, 0.2) is 0 Å². The number of nitrogens with zero attached hydrogens (tertiary/aromatic N) is 2. The zero-order valence-corrected chi connectivity index (χ0v) is 11.7. The van der Waals surface area contributed by atoms with Crippen LogP contribution in [0.2, 0.25) is 5.15 Å². The van der Waals surface area contributed by atoms with Crippen LogP contribution in [-0.4, -0.2) is 9.91 Å². The molecule has 0 atom stereocenters. The number of rotatable bonds is 5. The van der Waals surface area contributed by atoms with Crippen LogP contribution in [0.3, 0.4) is 0 Å². The van der Waals surface area contributed by atoms with Gasteiger partial charge in [-0.3, -0.25) is 10.1 Å². The van der Waals surface area contributed by atoms with Gasteiger partial charge in [-0.25, -0.2) is 4.98 Å². The SMILES string of the molecule is CCCc1ccccc1Nc1nc(Cl)ccc1[N+](=O)[O-]. The van der Waals surface area contributed by atoms with Gasteiger partial charge < -0.3 is 5.32 Å². The fourth-order valence-corrected chi connectivity index (χ4v) is 2.07. The lowest BCUT2D eigenvalue weighted by Crippen LogP contribution is -2.02. The van der Waals surface area contributed by atoms with Crippen molar-refractivity contribution in [3.05, 3.63) is 57.2 Å². The molecule has 2 rings (SSSR count). The monoisotopic (exact) mass is 291 g/mol. The third-order valence-electron chi connectivity index (χ3n) is 2.83. The van der Waals surface area contributed by atoms with E-state index in [4.69, 9.17) is 11.6 Å². The molecule has 104 valence electrons. The highest BCUT2D eigenvalue weighted by Gasteiger charge is 2.16. The fourth-order valence-electron chi connectivity index (χ4n) is 1.92. The van der Waals surface area contributed by atoms with Crippen LogP contribution in [0, 0.1) is 10.1 Å². The van der Waals surface area contributed by atoms with Gasteiger partial charge in [0, 0.05) is 11.8 Å². The fraction of sp³-hybridized carbons (Fsp3) is 0.214. The molecule has 1 aromatic heterocycles. The Balaban J connectivity index is 2.39. The van der Waals surface area contributed by atoms with Crippen molar-refractivity contribution in [2.45, 2.75) is 19.8 Å². The molecule has 0 saturated carbocycles. The molecule has 0 aliphatic heterocycles. The molecule has 0 unspecified atom stereocenters. The smallest absolute Gasteiger partial charge is 0.311 e. The Morgan fingerprint density at radius 2 is 2.05 bits per heavy atom. The summed E-state index contributed by atoms with van der Waals surface area (Å²) in [7, 11) is 0. The third-order valence-corrected chi connectivity index (χ3v) is 3.04. The standard InChI is InChI=1S/C14H14ClN3O2/c1-2-5-10-6-3-4-7-11(10)16-14-12(18(19)20)8-9-13(15)17-14/h3-4,6-9H,2,5H2,1H3,(H,16,17). The van der Waals surface area contributed by atoms with Gasteiger partial charge in [-0.2, -0.15) is 0 Å². The summed E-state index contributed by atoms with van der Waals surface area (Å²) < 4.78 is 0. The number of aromatic nitrogens is 1. The maximum Gasteiger partial charge on any atom is 0.311 e. The number of benzene rings is 1. The van der Waals surface area contributed by atoms with E-state index in [9.17, 15) is 10.1 Å². The van der Waals surface area contributed by atoms with Gasteiger partial charge in [-0.1, -0.05) is 43.1 Å². The van der Waals surface area contributed by atoms with E-state index in [1.807, 2.05) is 24.3 Å². The summed E-state index contributed by atoms with van der Waals surface area (Å²) in [5, 5.41) is 14.2. The summed E-state index contributed by atoms with van der Waals surface area (Å²) >= 11 is 5.81. The zero-order chi connectivity index (χ0) is 14.5. The van der Waals surface area contributed by atoms with Crippen molar-refractivity contribution in [3.63, 3.8) is 0 Å². The zero-order valence-electron chi connectivity index (χ0n) is 11.0. The van der Waals surface area contributed by atoms with Crippen LogP contribution in [0.25, 0.3) is 0 Å². The Bertz CT molecular complexity index is 632. The second-order valence-electron chi connectivity index (χ2n) is 4.29. The molecule has 6 heteroatoms. The van der Waals surface area contributed by atoms with Gasteiger partial charge in [0.1, 0.15) is 5.15 Å². The normalized spacial score (nSPS) is 10.3. The summed E-state index contributed by atoms with van der Waals surface area (Å²) in [4.78, 5) is 14.5.